The Labute approximate surface area is 451 Å². The maximum atomic E-state index is 12.6. The molecule has 4 aliphatic rings. The molecule has 4 aliphatic heterocycles. The molecule has 31 heteroatoms. The molecule has 3 amide bonds. The Morgan fingerprint density at radius 3 is 1.38 bits per heavy atom. The number of nitrogens with two attached hydrogens (primary N) is 1. The fourth-order valence-corrected chi connectivity index (χ4v) is 8.60. The summed E-state index contributed by atoms with van der Waals surface area (Å²) in [5.74, 6) is -0.911. The van der Waals surface area contributed by atoms with Crippen LogP contribution in [0.1, 0.15) is 38.1 Å². The molecule has 0 unspecified atom stereocenters. The molecule has 0 aromatic carbocycles. The van der Waals surface area contributed by atoms with Gasteiger partial charge >= 0.3 is 0 Å². The first kappa shape index (κ1) is 63.1. The van der Waals surface area contributed by atoms with Crippen LogP contribution >= 0.6 is 0 Å². The predicted molar refractivity (Wildman–Crippen MR) is 262 cm³/mol. The molecule has 2 aromatic heterocycles. The van der Waals surface area contributed by atoms with E-state index in [1.165, 1.54) is 13.8 Å². The van der Waals surface area contributed by atoms with Crippen LogP contribution in [-0.4, -0.2) is 273 Å². The average molecular weight is 1120 g/mol. The van der Waals surface area contributed by atoms with Crippen molar-refractivity contribution in [3.63, 3.8) is 0 Å². The summed E-state index contributed by atoms with van der Waals surface area (Å²) in [5.41, 5.74) is 4.34. The number of aliphatic hydroxyl groups excluding tert-OH is 4. The van der Waals surface area contributed by atoms with Crippen LogP contribution in [0, 0.1) is 0 Å². The quantitative estimate of drug-likeness (QED) is 0.0288. The molecule has 4 bridgehead atoms. The highest BCUT2D eigenvalue weighted by molar-refractivity contribution is 5.76. The molecule has 6 rings (SSSR count). The van der Waals surface area contributed by atoms with E-state index in [2.05, 4.69) is 36.6 Å². The highest BCUT2D eigenvalue weighted by Gasteiger charge is 2.60. The lowest BCUT2D eigenvalue weighted by atomic mass is 9.88. The van der Waals surface area contributed by atoms with Crippen molar-refractivity contribution < 1.29 is 101 Å². The standard InChI is InChI=1S/C47H80N10O21/c1-32(58)49-38-40(61)42(63)46(30-75-44(38)77-46)28-71-20-18-69-16-14-67-12-10-65-8-6-56-22-34(52-54-56)24-73-26-36(51-37(60)4-3-5-48)27-74-25-35-23-57(55-53-35)7-9-66-11-13-68-15-17-70-19-21-72-29-47-31-76-45(78-47)39(50-33(2)59)41(62)43(47)64/h22-23,36,38-45,61-64H,3-21,24-31,48H2,1-2H3,(H,49,58)(H,50,59)(H,51,60)/t38-,39-,40-,41-,42-,43-,44+,45+,46-,47-/m1/s1. The topological polar surface area (TPSA) is 385 Å². The number of hydrogen-bond acceptors (Lipinski definition) is 26. The maximum Gasteiger partial charge on any atom is 0.220 e. The monoisotopic (exact) mass is 1120 g/mol. The second-order valence-electron chi connectivity index (χ2n) is 19.0. The minimum absolute atomic E-state index is 0.0145. The molecule has 0 aliphatic carbocycles. The van der Waals surface area contributed by atoms with Gasteiger partial charge in [0, 0.05) is 20.3 Å². The van der Waals surface area contributed by atoms with Crippen LogP contribution in [0.3, 0.4) is 0 Å². The number of fused-ring (bicyclic) bond motifs is 4. The molecule has 6 heterocycles. The van der Waals surface area contributed by atoms with E-state index in [1.54, 1.807) is 21.8 Å². The van der Waals surface area contributed by atoms with Gasteiger partial charge in [0.25, 0.3) is 0 Å². The molecule has 2 aromatic rings. The maximum absolute atomic E-state index is 12.6. The molecule has 9 N–H and O–H groups in total. The Balaban J connectivity index is 0.728. The third-order valence-electron chi connectivity index (χ3n) is 12.6. The summed E-state index contributed by atoms with van der Waals surface area (Å²) in [6.45, 7) is 9.13. The first-order chi connectivity index (χ1) is 37.8. The zero-order valence-electron chi connectivity index (χ0n) is 44.4. The van der Waals surface area contributed by atoms with Gasteiger partial charge in [-0.25, -0.2) is 9.36 Å². The summed E-state index contributed by atoms with van der Waals surface area (Å²) >= 11 is 0. The summed E-state index contributed by atoms with van der Waals surface area (Å²) in [6.07, 6.45) is -2.58. The van der Waals surface area contributed by atoms with Gasteiger partial charge < -0.3 is 108 Å². The van der Waals surface area contributed by atoms with Gasteiger partial charge in [0.2, 0.25) is 17.7 Å². The number of nitrogens with one attached hydrogen (secondary N) is 3. The van der Waals surface area contributed by atoms with Crippen LogP contribution in [0.5, 0.6) is 0 Å². The molecule has 4 saturated heterocycles. The van der Waals surface area contributed by atoms with Crippen molar-refractivity contribution in [1.29, 1.82) is 0 Å². The summed E-state index contributed by atoms with van der Waals surface area (Å²) < 4.78 is 82.7. The molecule has 0 spiro atoms. The lowest BCUT2D eigenvalue weighted by molar-refractivity contribution is -0.238. The van der Waals surface area contributed by atoms with Gasteiger partial charge in [-0.05, 0) is 13.0 Å². The molecule has 31 nitrogen and oxygen atoms in total. The lowest BCUT2D eigenvalue weighted by Crippen LogP contribution is -2.66. The van der Waals surface area contributed by atoms with Crippen molar-refractivity contribution in [3.8, 4) is 0 Å². The molecule has 4 fully saturated rings. The first-order valence-electron chi connectivity index (χ1n) is 26.2. The fraction of sp³-hybridized carbons (Fsp3) is 0.851. The van der Waals surface area contributed by atoms with Crippen molar-refractivity contribution in [3.05, 3.63) is 23.8 Å². The van der Waals surface area contributed by atoms with Gasteiger partial charge in [-0.15, -0.1) is 10.2 Å². The van der Waals surface area contributed by atoms with Crippen LogP contribution in [0.2, 0.25) is 0 Å². The minimum Gasteiger partial charge on any atom is -0.388 e. The highest BCUT2D eigenvalue weighted by Crippen LogP contribution is 2.38. The zero-order valence-corrected chi connectivity index (χ0v) is 44.4. The van der Waals surface area contributed by atoms with Gasteiger partial charge in [-0.2, -0.15) is 0 Å². The van der Waals surface area contributed by atoms with Crippen molar-refractivity contribution in [2.24, 2.45) is 5.73 Å². The van der Waals surface area contributed by atoms with E-state index in [0.29, 0.717) is 104 Å². The lowest BCUT2D eigenvalue weighted by Gasteiger charge is -2.42. The van der Waals surface area contributed by atoms with E-state index in [9.17, 15) is 34.8 Å². The van der Waals surface area contributed by atoms with E-state index in [1.807, 2.05) is 0 Å². The van der Waals surface area contributed by atoms with Gasteiger partial charge in [0.15, 0.2) is 12.6 Å². The number of amides is 3. The van der Waals surface area contributed by atoms with Crippen LogP contribution in [0.4, 0.5) is 0 Å². The van der Waals surface area contributed by atoms with Crippen LogP contribution in [0.25, 0.3) is 0 Å². The molecular weight excluding hydrogens is 1040 g/mol. The van der Waals surface area contributed by atoms with Crippen molar-refractivity contribution in [1.82, 2.24) is 45.9 Å². The number of nitrogens with zero attached hydrogens (tertiary/aromatic N) is 6. The number of rotatable bonds is 42. The van der Waals surface area contributed by atoms with Crippen molar-refractivity contribution >= 4 is 17.7 Å². The zero-order chi connectivity index (χ0) is 55.6. The second-order valence-corrected chi connectivity index (χ2v) is 19.0. The summed E-state index contributed by atoms with van der Waals surface area (Å²) in [4.78, 5) is 35.5. The number of carbonyl (C=O) groups is 3. The molecule has 0 radical (unpaired) electrons. The fourth-order valence-electron chi connectivity index (χ4n) is 8.60. The molecule has 78 heavy (non-hydrogen) atoms. The van der Waals surface area contributed by atoms with Crippen LogP contribution in [-0.2, 0) is 107 Å². The largest absolute Gasteiger partial charge is 0.388 e. The van der Waals surface area contributed by atoms with Crippen LogP contribution in [0.15, 0.2) is 12.4 Å². The van der Waals surface area contributed by atoms with Crippen molar-refractivity contribution in [2.45, 2.75) is 119 Å². The van der Waals surface area contributed by atoms with Gasteiger partial charge in [-0.1, -0.05) is 10.4 Å². The van der Waals surface area contributed by atoms with E-state index in [0.717, 1.165) is 0 Å². The number of aromatic nitrogens is 6. The average Bonchev–Trinajstić information content (AvgIpc) is 4.33. The summed E-state index contributed by atoms with van der Waals surface area (Å²) in [5, 5.41) is 66.9. The Hall–Kier alpha value is -4.07. The van der Waals surface area contributed by atoms with Crippen molar-refractivity contribution in [2.75, 3.05) is 139 Å². The highest BCUT2D eigenvalue weighted by atomic mass is 16.8. The van der Waals surface area contributed by atoms with E-state index >= 15 is 0 Å². The minimum atomic E-state index is -1.31. The predicted octanol–water partition coefficient (Wildman–Crippen LogP) is -5.34. The second kappa shape index (κ2) is 33.6. The number of carbonyl (C=O) groups excluding carboxylic acids is 3. The van der Waals surface area contributed by atoms with E-state index < -0.39 is 66.3 Å². The molecule has 10 atom stereocenters. The molecule has 444 valence electrons. The molecular formula is C47H80N10O21. The first-order valence-corrected chi connectivity index (χ1v) is 26.2. The van der Waals surface area contributed by atoms with E-state index in [4.69, 9.17) is 72.0 Å². The smallest absolute Gasteiger partial charge is 0.220 e. The Morgan fingerprint density at radius 1 is 0.615 bits per heavy atom. The van der Waals surface area contributed by atoms with Gasteiger partial charge in [0.05, 0.1) is 177 Å². The normalized spacial score (nSPS) is 26.8. The SMILES string of the molecule is CC(=O)N[C@H]1[C@H]2OC[C@@](COCCOCCOCCOCCn3cc(COCC(COCc4cn(CCOCCOCCOCCOC[C@]56CO[C@@H](O5)[C@H](NC(C)=O)[C@@H](O)[C@H]6O)nn4)NC(=O)CCCN)nn3)(O2)[C@H](O)[C@@H]1O. The van der Waals surface area contributed by atoms with E-state index in [-0.39, 0.29) is 103 Å². The summed E-state index contributed by atoms with van der Waals surface area (Å²) in [6, 6.07) is -2.21. The molecule has 0 saturated carbocycles. The van der Waals surface area contributed by atoms with Crippen LogP contribution < -0.4 is 21.7 Å². The number of aliphatic hydroxyl groups is 4. The third kappa shape index (κ3) is 20.2. The Kier molecular flexibility index (Phi) is 27.2. The number of hydrogen-bond donors (Lipinski definition) is 8. The Morgan fingerprint density at radius 2 is 1.00 bits per heavy atom. The van der Waals surface area contributed by atoms with Gasteiger partial charge in [0.1, 0.15) is 59.1 Å². The third-order valence-corrected chi connectivity index (χ3v) is 12.6. The number of ether oxygens (including phenoxy) is 14. The summed E-state index contributed by atoms with van der Waals surface area (Å²) in [7, 11) is 0. The Bertz CT molecular complexity index is 1920. The van der Waals surface area contributed by atoms with Gasteiger partial charge in [-0.3, -0.25) is 14.4 Å².